The minimum absolute atomic E-state index is 0.208. The number of benzene rings is 9. The predicted octanol–water partition coefficient (Wildman–Crippen LogP) is 18.5. The first-order valence-corrected chi connectivity index (χ1v) is 25.1. The van der Waals surface area contributed by atoms with Crippen LogP contribution in [0.2, 0.25) is 0 Å². The molecule has 0 saturated heterocycles. The molecule has 4 aliphatic carbocycles. The highest BCUT2D eigenvalue weighted by Gasteiger charge is 2.51. The van der Waals surface area contributed by atoms with Gasteiger partial charge in [-0.15, -0.1) is 0 Å². The smallest absolute Gasteiger partial charge is 0.144 e. The second-order valence-electron chi connectivity index (χ2n) is 22.8. The maximum atomic E-state index is 7.06. The number of fused-ring (bicyclic) bond motifs is 24. The monoisotopic (exact) mass is 903 g/mol. The molecule has 0 radical (unpaired) electrons. The van der Waals surface area contributed by atoms with Crippen LogP contribution in [0, 0.1) is 6.92 Å². The van der Waals surface area contributed by atoms with Gasteiger partial charge in [0.1, 0.15) is 22.3 Å². The van der Waals surface area contributed by atoms with Crippen LogP contribution in [0.5, 0.6) is 0 Å². The SMILES string of the molecule is Cc1ccc(N(c2ccc3c(c2)C(C)(C)c2c4c(c5c(oc6ccccc65)c2-3)-c2ccccc2C4(C)C)c2ccc3c(c2)C(C)(C)c2c4c(c5oc6ccccc6c5c2-3)-c2ccccc2C4(C)C)cc1. The highest BCUT2D eigenvalue weighted by molar-refractivity contribution is 6.22. The molecule has 3 nitrogen and oxygen atoms in total. The summed E-state index contributed by atoms with van der Waals surface area (Å²) < 4.78 is 14.1. The number of furan rings is 2. The Morgan fingerprint density at radius 3 is 1.19 bits per heavy atom. The molecule has 2 heterocycles. The van der Waals surface area contributed by atoms with E-state index in [0.717, 1.165) is 39.4 Å². The van der Waals surface area contributed by atoms with E-state index in [9.17, 15) is 0 Å². The first kappa shape index (κ1) is 40.3. The molecule has 3 heteroatoms. The van der Waals surface area contributed by atoms with Gasteiger partial charge in [0.2, 0.25) is 0 Å². The Morgan fingerprint density at radius 1 is 0.343 bits per heavy atom. The summed E-state index contributed by atoms with van der Waals surface area (Å²) in [5.41, 5.74) is 28.8. The fourth-order valence-corrected chi connectivity index (χ4v) is 14.5. The molecule has 0 atom stereocenters. The van der Waals surface area contributed by atoms with Crippen LogP contribution in [0.25, 0.3) is 88.4 Å². The Bertz CT molecular complexity index is 4180. The van der Waals surface area contributed by atoms with Crippen molar-refractivity contribution in [3.8, 4) is 44.5 Å². The lowest BCUT2D eigenvalue weighted by Crippen LogP contribution is -2.24. The standard InChI is InChI=1S/C67H53NO2/c1-36-26-28-37(29-27-36)68(38-30-32-42-48(34-38)66(6,7)59-53(42)55-45-21-13-17-25-51(45)69-62(55)56-41-19-11-15-23-47(41)65(4,5)60(56)59)39-31-33-43-49(35-39)67(8,9)61-57(43)63-54(44-20-12-16-24-50(44)70-63)52-40-18-10-14-22-46(40)64(2,3)58(52)61/h10-35H,1-9H3. The van der Waals surface area contributed by atoms with E-state index in [2.05, 4.69) is 225 Å². The zero-order chi connectivity index (χ0) is 47.5. The Hall–Kier alpha value is -7.62. The molecule has 0 aliphatic heterocycles. The maximum absolute atomic E-state index is 7.06. The average Bonchev–Trinajstić information content (AvgIpc) is 4.15. The number of nitrogens with zero attached hydrogens (tertiary/aromatic N) is 1. The number of anilines is 3. The van der Waals surface area contributed by atoms with Crippen LogP contribution in [0.3, 0.4) is 0 Å². The number of aryl methyl sites for hydroxylation is 1. The van der Waals surface area contributed by atoms with Crippen molar-refractivity contribution >= 4 is 60.9 Å². The summed E-state index contributed by atoms with van der Waals surface area (Å²) in [7, 11) is 0. The van der Waals surface area contributed by atoms with Crippen LogP contribution in [-0.4, -0.2) is 0 Å². The molecule has 0 fully saturated rings. The average molecular weight is 904 g/mol. The fourth-order valence-electron chi connectivity index (χ4n) is 14.5. The van der Waals surface area contributed by atoms with Crippen LogP contribution < -0.4 is 4.90 Å². The lowest BCUT2D eigenvalue weighted by Gasteiger charge is -2.32. The Balaban J connectivity index is 0.961. The number of hydrogen-bond donors (Lipinski definition) is 0. The summed E-state index contributed by atoms with van der Waals surface area (Å²) in [5, 5.41) is 4.81. The van der Waals surface area contributed by atoms with Crippen molar-refractivity contribution in [3.05, 3.63) is 208 Å². The van der Waals surface area contributed by atoms with Crippen LogP contribution >= 0.6 is 0 Å². The molecule has 0 bridgehead atoms. The second kappa shape index (κ2) is 13.0. The summed E-state index contributed by atoms with van der Waals surface area (Å²) in [6.45, 7) is 21.7. The fraction of sp³-hybridized carbons (Fsp3) is 0.194. The minimum atomic E-state index is -0.332. The molecule has 15 rings (SSSR count). The van der Waals surface area contributed by atoms with E-state index in [-0.39, 0.29) is 21.7 Å². The van der Waals surface area contributed by atoms with Crippen LogP contribution in [0.15, 0.2) is 167 Å². The van der Waals surface area contributed by atoms with Gasteiger partial charge in [0.15, 0.2) is 0 Å². The number of hydrogen-bond acceptors (Lipinski definition) is 3. The summed E-state index contributed by atoms with van der Waals surface area (Å²) >= 11 is 0. The molecular weight excluding hydrogens is 851 g/mol. The zero-order valence-corrected chi connectivity index (χ0v) is 41.3. The van der Waals surface area contributed by atoms with E-state index in [1.165, 1.54) is 116 Å². The summed E-state index contributed by atoms with van der Waals surface area (Å²) in [4.78, 5) is 2.49. The molecule has 70 heavy (non-hydrogen) atoms. The highest BCUT2D eigenvalue weighted by atomic mass is 16.3. The minimum Gasteiger partial charge on any atom is -0.455 e. The van der Waals surface area contributed by atoms with E-state index >= 15 is 0 Å². The van der Waals surface area contributed by atoms with Crippen molar-refractivity contribution in [3.63, 3.8) is 0 Å². The lowest BCUT2D eigenvalue weighted by molar-refractivity contribution is 0.600. The van der Waals surface area contributed by atoms with Gasteiger partial charge in [0.05, 0.1) is 0 Å². The predicted molar refractivity (Wildman–Crippen MR) is 291 cm³/mol. The Labute approximate surface area is 409 Å². The quantitative estimate of drug-likeness (QED) is 0.177. The summed E-state index contributed by atoms with van der Waals surface area (Å²) in [6, 6.07) is 58.9. The molecule has 0 saturated carbocycles. The third-order valence-electron chi connectivity index (χ3n) is 17.6. The van der Waals surface area contributed by atoms with Crippen molar-refractivity contribution < 1.29 is 8.83 Å². The van der Waals surface area contributed by atoms with Gasteiger partial charge >= 0.3 is 0 Å². The van der Waals surface area contributed by atoms with E-state index < -0.39 is 0 Å². The summed E-state index contributed by atoms with van der Waals surface area (Å²) in [5.74, 6) is 0. The largest absolute Gasteiger partial charge is 0.455 e. The lowest BCUT2D eigenvalue weighted by atomic mass is 9.72. The summed E-state index contributed by atoms with van der Waals surface area (Å²) in [6.07, 6.45) is 0. The van der Waals surface area contributed by atoms with Gasteiger partial charge in [-0.25, -0.2) is 0 Å². The first-order chi connectivity index (χ1) is 33.7. The maximum Gasteiger partial charge on any atom is 0.144 e. The van der Waals surface area contributed by atoms with Gasteiger partial charge in [-0.2, -0.15) is 0 Å². The van der Waals surface area contributed by atoms with Crippen LogP contribution in [-0.2, 0) is 21.7 Å². The van der Waals surface area contributed by atoms with Crippen molar-refractivity contribution in [1.82, 2.24) is 0 Å². The van der Waals surface area contributed by atoms with Crippen LogP contribution in [0.1, 0.15) is 105 Å². The molecule has 9 aromatic carbocycles. The molecule has 0 amide bonds. The third kappa shape index (κ3) is 4.72. The first-order valence-electron chi connectivity index (χ1n) is 25.1. The molecule has 338 valence electrons. The molecular formula is C67H53NO2. The molecule has 0 spiro atoms. The molecule has 0 N–H and O–H groups in total. The number of para-hydroxylation sites is 2. The van der Waals surface area contributed by atoms with Crippen molar-refractivity contribution in [1.29, 1.82) is 0 Å². The van der Waals surface area contributed by atoms with Crippen LogP contribution in [0.4, 0.5) is 17.1 Å². The molecule has 2 aromatic heterocycles. The van der Waals surface area contributed by atoms with Crippen molar-refractivity contribution in [2.45, 2.75) is 84.0 Å². The third-order valence-corrected chi connectivity index (χ3v) is 17.6. The van der Waals surface area contributed by atoms with Gasteiger partial charge in [-0.3, -0.25) is 0 Å². The Kier molecular flexibility index (Phi) is 7.46. The van der Waals surface area contributed by atoms with Gasteiger partial charge < -0.3 is 13.7 Å². The van der Waals surface area contributed by atoms with Gasteiger partial charge in [-0.1, -0.05) is 170 Å². The zero-order valence-electron chi connectivity index (χ0n) is 41.3. The molecule has 0 unspecified atom stereocenters. The van der Waals surface area contributed by atoms with Crippen molar-refractivity contribution in [2.75, 3.05) is 4.90 Å². The Morgan fingerprint density at radius 2 is 0.700 bits per heavy atom. The molecule has 4 aliphatic rings. The second-order valence-corrected chi connectivity index (χ2v) is 22.8. The number of rotatable bonds is 3. The topological polar surface area (TPSA) is 29.5 Å². The van der Waals surface area contributed by atoms with E-state index in [1.54, 1.807) is 0 Å². The highest BCUT2D eigenvalue weighted by Crippen LogP contribution is 2.66. The molecule has 11 aromatic rings. The normalized spacial score (nSPS) is 16.5. The van der Waals surface area contributed by atoms with Gasteiger partial charge in [-0.05, 0) is 133 Å². The van der Waals surface area contributed by atoms with E-state index in [4.69, 9.17) is 8.83 Å². The van der Waals surface area contributed by atoms with Crippen molar-refractivity contribution in [2.24, 2.45) is 0 Å². The van der Waals surface area contributed by atoms with Gasteiger partial charge in [0.25, 0.3) is 0 Å². The van der Waals surface area contributed by atoms with E-state index in [1.807, 2.05) is 0 Å². The van der Waals surface area contributed by atoms with Gasteiger partial charge in [0, 0.05) is 71.4 Å². The van der Waals surface area contributed by atoms with E-state index in [0.29, 0.717) is 0 Å².